The zero-order valence-electron chi connectivity index (χ0n) is 16.6. The minimum absolute atomic E-state index is 0.0565. The van der Waals surface area contributed by atoms with Crippen molar-refractivity contribution in [1.82, 2.24) is 5.32 Å². The van der Waals surface area contributed by atoms with Crippen molar-refractivity contribution >= 4 is 16.9 Å². The Morgan fingerprint density at radius 2 is 2.03 bits per heavy atom. The van der Waals surface area contributed by atoms with Crippen LogP contribution in [0.15, 0.2) is 40.8 Å². The number of nitriles is 1. The van der Waals surface area contributed by atoms with E-state index in [4.69, 9.17) is 9.15 Å². The predicted octanol–water partition coefficient (Wildman–Crippen LogP) is 4.15. The van der Waals surface area contributed by atoms with E-state index in [0.29, 0.717) is 46.3 Å². The molecule has 2 N–H and O–H groups in total. The van der Waals surface area contributed by atoms with Crippen molar-refractivity contribution in [2.75, 3.05) is 0 Å². The van der Waals surface area contributed by atoms with Crippen LogP contribution in [0.25, 0.3) is 22.1 Å². The van der Waals surface area contributed by atoms with Gasteiger partial charge in [0.1, 0.15) is 17.1 Å². The van der Waals surface area contributed by atoms with E-state index in [1.165, 1.54) is 18.2 Å². The predicted molar refractivity (Wildman–Crippen MR) is 109 cm³/mol. The smallest absolute Gasteiger partial charge is 0.287 e. The number of amides is 1. The molecule has 0 saturated heterocycles. The third kappa shape index (κ3) is 3.87. The molecule has 30 heavy (non-hydrogen) atoms. The number of fused-ring (bicyclic) bond motifs is 1. The van der Waals surface area contributed by atoms with Crippen molar-refractivity contribution in [2.24, 2.45) is 0 Å². The highest BCUT2D eigenvalue weighted by Crippen LogP contribution is 2.38. The first-order valence-corrected chi connectivity index (χ1v) is 9.77. The Kier molecular flexibility index (Phi) is 5.18. The molecule has 3 aromatic rings. The van der Waals surface area contributed by atoms with Gasteiger partial charge in [0.25, 0.3) is 5.91 Å². The molecule has 0 atom stereocenters. The number of carbonyl (C=O) groups is 1. The second-order valence-electron chi connectivity index (χ2n) is 7.77. The molecule has 0 bridgehead atoms. The maximum Gasteiger partial charge on any atom is 0.287 e. The molecule has 1 saturated carbocycles. The van der Waals surface area contributed by atoms with E-state index >= 15 is 0 Å². The second-order valence-corrected chi connectivity index (χ2v) is 7.77. The van der Waals surface area contributed by atoms with Crippen LogP contribution in [0.2, 0.25) is 0 Å². The number of furan rings is 1. The van der Waals surface area contributed by atoms with Crippen LogP contribution in [0.4, 0.5) is 4.39 Å². The molecule has 0 unspecified atom stereocenters. The summed E-state index contributed by atoms with van der Waals surface area (Å²) in [7, 11) is 0. The molecule has 1 fully saturated rings. The lowest BCUT2D eigenvalue weighted by molar-refractivity contribution is 0.0552. The van der Waals surface area contributed by atoms with Crippen molar-refractivity contribution < 1.29 is 23.4 Å². The lowest BCUT2D eigenvalue weighted by Gasteiger charge is -2.31. The quantitative estimate of drug-likeness (QED) is 0.661. The van der Waals surface area contributed by atoms with Crippen molar-refractivity contribution in [3.8, 4) is 22.9 Å². The number of rotatable bonds is 5. The number of aliphatic hydroxyl groups is 1. The van der Waals surface area contributed by atoms with Crippen LogP contribution in [0, 0.1) is 17.1 Å². The number of carbonyl (C=O) groups excluding carboxylic acids is 1. The van der Waals surface area contributed by atoms with Gasteiger partial charge in [-0.2, -0.15) is 5.26 Å². The molecule has 1 heterocycles. The summed E-state index contributed by atoms with van der Waals surface area (Å²) in [6.07, 6.45) is 0.487. The summed E-state index contributed by atoms with van der Waals surface area (Å²) >= 11 is 0. The van der Waals surface area contributed by atoms with Crippen LogP contribution < -0.4 is 10.1 Å². The van der Waals surface area contributed by atoms with Gasteiger partial charge in [-0.25, -0.2) is 4.39 Å². The van der Waals surface area contributed by atoms with Gasteiger partial charge >= 0.3 is 0 Å². The summed E-state index contributed by atoms with van der Waals surface area (Å²) in [6, 6.07) is 11.0. The third-order valence-corrected chi connectivity index (χ3v) is 5.01. The molecule has 2 aromatic carbocycles. The Balaban J connectivity index is 1.79. The van der Waals surface area contributed by atoms with Gasteiger partial charge in [-0.15, -0.1) is 0 Å². The van der Waals surface area contributed by atoms with E-state index in [1.54, 1.807) is 18.2 Å². The number of hydrogen-bond donors (Lipinski definition) is 2. The fourth-order valence-corrected chi connectivity index (χ4v) is 3.56. The standard InChI is InChI=1S/C23H21FN2O4/c1-12(2)29-20-4-3-13(11-25)5-18(20)19-8-15(24)6-14-7-21(30-22(14)19)23(28)26-16-9-17(27)10-16/h3-8,12,16-17,27H,9-10H2,1-2H3,(H,26,28). The van der Waals surface area contributed by atoms with Crippen LogP contribution in [-0.4, -0.2) is 29.3 Å². The molecular weight excluding hydrogens is 387 g/mol. The molecule has 0 aliphatic heterocycles. The van der Waals surface area contributed by atoms with E-state index in [0.717, 1.165) is 0 Å². The summed E-state index contributed by atoms with van der Waals surface area (Å²) in [5.74, 6) is -0.369. The highest BCUT2D eigenvalue weighted by molar-refractivity contribution is 6.01. The van der Waals surface area contributed by atoms with E-state index in [9.17, 15) is 19.6 Å². The Hall–Kier alpha value is -3.37. The second kappa shape index (κ2) is 7.81. The Labute approximate surface area is 172 Å². The molecule has 1 aliphatic rings. The molecule has 1 aliphatic carbocycles. The number of nitrogens with zero attached hydrogens (tertiary/aromatic N) is 1. The van der Waals surface area contributed by atoms with Crippen molar-refractivity contribution in [3.05, 3.63) is 53.5 Å². The van der Waals surface area contributed by atoms with Gasteiger partial charge in [0.05, 0.1) is 23.8 Å². The number of hydrogen-bond acceptors (Lipinski definition) is 5. The van der Waals surface area contributed by atoms with Crippen LogP contribution in [0.1, 0.15) is 42.8 Å². The van der Waals surface area contributed by atoms with E-state index < -0.39 is 17.8 Å². The Morgan fingerprint density at radius 1 is 1.27 bits per heavy atom. The van der Waals surface area contributed by atoms with Gasteiger partial charge in [-0.1, -0.05) is 0 Å². The molecule has 6 nitrogen and oxygen atoms in total. The van der Waals surface area contributed by atoms with E-state index in [1.807, 2.05) is 13.8 Å². The van der Waals surface area contributed by atoms with Crippen molar-refractivity contribution in [3.63, 3.8) is 0 Å². The summed E-state index contributed by atoms with van der Waals surface area (Å²) in [6.45, 7) is 3.74. The summed E-state index contributed by atoms with van der Waals surface area (Å²) in [4.78, 5) is 12.5. The molecule has 0 radical (unpaired) electrons. The molecule has 154 valence electrons. The molecule has 0 spiro atoms. The Morgan fingerprint density at radius 3 is 2.70 bits per heavy atom. The minimum Gasteiger partial charge on any atom is -0.490 e. The molecule has 4 rings (SSSR count). The van der Waals surface area contributed by atoms with Gasteiger partial charge in [-0.3, -0.25) is 4.79 Å². The SMILES string of the molecule is CC(C)Oc1ccc(C#N)cc1-c1cc(F)cc2cc(C(=O)NC3CC(O)C3)oc12. The average molecular weight is 408 g/mol. The number of ether oxygens (including phenoxy) is 1. The first kappa shape index (κ1) is 19.9. The van der Waals surface area contributed by atoms with Gasteiger partial charge in [0.15, 0.2) is 5.76 Å². The van der Waals surface area contributed by atoms with E-state index in [2.05, 4.69) is 11.4 Å². The highest BCUT2D eigenvalue weighted by Gasteiger charge is 2.29. The zero-order valence-corrected chi connectivity index (χ0v) is 16.6. The van der Waals surface area contributed by atoms with Crippen molar-refractivity contribution in [2.45, 2.75) is 44.9 Å². The van der Waals surface area contributed by atoms with Crippen molar-refractivity contribution in [1.29, 1.82) is 5.26 Å². The summed E-state index contributed by atoms with van der Waals surface area (Å²) in [5.41, 5.74) is 1.64. The maximum atomic E-state index is 14.4. The number of halogens is 1. The van der Waals surface area contributed by atoms with Gasteiger partial charge in [0.2, 0.25) is 0 Å². The zero-order chi connectivity index (χ0) is 21.4. The van der Waals surface area contributed by atoms with Crippen LogP contribution in [0.3, 0.4) is 0 Å². The van der Waals surface area contributed by atoms with Crippen LogP contribution in [-0.2, 0) is 0 Å². The van der Waals surface area contributed by atoms with E-state index in [-0.39, 0.29) is 17.9 Å². The normalized spacial score (nSPS) is 18.1. The van der Waals surface area contributed by atoms with Gasteiger partial charge < -0.3 is 19.6 Å². The highest BCUT2D eigenvalue weighted by atomic mass is 19.1. The fourth-order valence-electron chi connectivity index (χ4n) is 3.56. The van der Waals surface area contributed by atoms with Crippen LogP contribution >= 0.6 is 0 Å². The lowest BCUT2D eigenvalue weighted by atomic mass is 9.89. The molecule has 7 heteroatoms. The lowest BCUT2D eigenvalue weighted by Crippen LogP contribution is -2.46. The van der Waals surface area contributed by atoms with Crippen LogP contribution in [0.5, 0.6) is 5.75 Å². The summed E-state index contributed by atoms with van der Waals surface area (Å²) < 4.78 is 26.1. The topological polar surface area (TPSA) is 95.5 Å². The molecular formula is C23H21FN2O4. The summed E-state index contributed by atoms with van der Waals surface area (Å²) in [5, 5.41) is 21.9. The molecule has 1 aromatic heterocycles. The first-order valence-electron chi connectivity index (χ1n) is 9.77. The first-order chi connectivity index (χ1) is 14.3. The number of nitrogens with one attached hydrogen (secondary N) is 1. The maximum absolute atomic E-state index is 14.4. The molecule has 1 amide bonds. The monoisotopic (exact) mass is 408 g/mol. The third-order valence-electron chi connectivity index (χ3n) is 5.01. The Bertz CT molecular complexity index is 1160. The largest absolute Gasteiger partial charge is 0.490 e. The average Bonchev–Trinajstić information content (AvgIpc) is 3.10. The fraction of sp³-hybridized carbons (Fsp3) is 0.304. The number of aliphatic hydroxyl groups excluding tert-OH is 1. The van der Waals surface area contributed by atoms with Gasteiger partial charge in [-0.05, 0) is 63.1 Å². The number of benzene rings is 2. The van der Waals surface area contributed by atoms with Gasteiger partial charge in [0, 0.05) is 22.6 Å². The minimum atomic E-state index is -0.495.